The second-order valence-corrected chi connectivity index (χ2v) is 4.88. The summed E-state index contributed by atoms with van der Waals surface area (Å²) >= 11 is 1.45. The van der Waals surface area contributed by atoms with E-state index in [0.717, 1.165) is 20.5 Å². The molecule has 0 fully saturated rings. The van der Waals surface area contributed by atoms with Crippen molar-refractivity contribution in [1.29, 1.82) is 0 Å². The van der Waals surface area contributed by atoms with Gasteiger partial charge in [0.25, 0.3) is 5.91 Å². The number of methoxy groups -OCH3 is 1. The third-order valence-electron chi connectivity index (χ3n) is 2.77. The first-order valence-corrected chi connectivity index (χ1v) is 6.01. The summed E-state index contributed by atoms with van der Waals surface area (Å²) in [5.41, 5.74) is 12.0. The number of furan rings is 1. The van der Waals surface area contributed by atoms with E-state index in [0.29, 0.717) is 11.3 Å². The zero-order chi connectivity index (χ0) is 12.9. The minimum absolute atomic E-state index is 0.0222. The molecule has 18 heavy (non-hydrogen) atoms. The van der Waals surface area contributed by atoms with Gasteiger partial charge in [0.05, 0.1) is 11.8 Å². The fourth-order valence-corrected chi connectivity index (χ4v) is 3.01. The molecule has 2 heterocycles. The molecule has 0 aliphatic heterocycles. The van der Waals surface area contributed by atoms with E-state index in [9.17, 15) is 4.79 Å². The van der Waals surface area contributed by atoms with Gasteiger partial charge in [0.1, 0.15) is 11.4 Å². The van der Waals surface area contributed by atoms with E-state index in [1.165, 1.54) is 11.3 Å². The number of fused-ring (bicyclic) bond motifs is 3. The van der Waals surface area contributed by atoms with Gasteiger partial charge >= 0.3 is 0 Å². The monoisotopic (exact) mass is 262 g/mol. The van der Waals surface area contributed by atoms with E-state index in [-0.39, 0.29) is 5.76 Å². The van der Waals surface area contributed by atoms with Gasteiger partial charge < -0.3 is 20.6 Å². The lowest BCUT2D eigenvalue weighted by atomic mass is 10.2. The summed E-state index contributed by atoms with van der Waals surface area (Å²) in [6.45, 7) is 0. The molecule has 0 unspecified atom stereocenters. The molecule has 0 aliphatic rings. The van der Waals surface area contributed by atoms with Gasteiger partial charge in [0.2, 0.25) is 5.76 Å². The van der Waals surface area contributed by atoms with E-state index >= 15 is 0 Å². The van der Waals surface area contributed by atoms with E-state index in [1.807, 2.05) is 18.2 Å². The first kappa shape index (κ1) is 10.9. The Morgan fingerprint density at radius 2 is 2.22 bits per heavy atom. The van der Waals surface area contributed by atoms with Gasteiger partial charge in [-0.15, -0.1) is 11.3 Å². The Balaban J connectivity index is 2.36. The molecule has 0 bridgehead atoms. The van der Waals surface area contributed by atoms with Crippen molar-refractivity contribution in [2.75, 3.05) is 12.8 Å². The molecule has 2 aromatic heterocycles. The van der Waals surface area contributed by atoms with Gasteiger partial charge in [-0.05, 0) is 18.2 Å². The van der Waals surface area contributed by atoms with Crippen LogP contribution < -0.4 is 16.2 Å². The number of benzene rings is 1. The number of carbonyl (C=O) groups is 1. The summed E-state index contributed by atoms with van der Waals surface area (Å²) in [6.07, 6.45) is 0. The highest BCUT2D eigenvalue weighted by atomic mass is 32.1. The summed E-state index contributed by atoms with van der Waals surface area (Å²) in [6, 6.07) is 5.61. The number of nitrogen functional groups attached to an aromatic ring is 1. The molecular weight excluding hydrogens is 252 g/mol. The minimum atomic E-state index is -0.655. The molecule has 0 saturated carbocycles. The number of ether oxygens (including phenoxy) is 1. The Hall–Kier alpha value is -2.21. The third-order valence-corrected chi connectivity index (χ3v) is 3.94. The first-order valence-electron chi connectivity index (χ1n) is 5.20. The Kier molecular flexibility index (Phi) is 2.21. The summed E-state index contributed by atoms with van der Waals surface area (Å²) in [4.78, 5) is 11.2. The van der Waals surface area contributed by atoms with Gasteiger partial charge in [-0.1, -0.05) is 0 Å². The predicted octanol–water partition coefficient (Wildman–Crippen LogP) is 2.34. The topological polar surface area (TPSA) is 91.5 Å². The third kappa shape index (κ3) is 1.36. The molecule has 3 rings (SSSR count). The molecule has 6 heteroatoms. The van der Waals surface area contributed by atoms with Crippen molar-refractivity contribution in [1.82, 2.24) is 0 Å². The number of thiophene rings is 1. The second kappa shape index (κ2) is 3.64. The Morgan fingerprint density at radius 1 is 1.44 bits per heavy atom. The van der Waals surface area contributed by atoms with Crippen molar-refractivity contribution in [3.05, 3.63) is 24.0 Å². The number of rotatable bonds is 2. The van der Waals surface area contributed by atoms with Gasteiger partial charge in [0, 0.05) is 10.1 Å². The standard InChI is InChI=1S/C12H10N2O3S/c1-16-5-2-3-6-7(4-5)18-11-8(13)10(12(14)15)17-9(6)11/h2-4H,13H2,1H3,(H2,14,15). The quantitative estimate of drug-likeness (QED) is 0.741. The molecule has 1 aromatic carbocycles. The lowest BCUT2D eigenvalue weighted by Gasteiger charge is -1.98. The minimum Gasteiger partial charge on any atom is -0.497 e. The Labute approximate surface area is 106 Å². The van der Waals surface area contributed by atoms with Crippen LogP contribution in [0, 0.1) is 0 Å². The van der Waals surface area contributed by atoms with Gasteiger partial charge in [-0.25, -0.2) is 0 Å². The molecule has 0 saturated heterocycles. The first-order chi connectivity index (χ1) is 8.61. The zero-order valence-corrected chi connectivity index (χ0v) is 10.3. The smallest absolute Gasteiger partial charge is 0.286 e. The molecule has 0 aliphatic carbocycles. The Morgan fingerprint density at radius 3 is 2.89 bits per heavy atom. The van der Waals surface area contributed by atoms with Crippen molar-refractivity contribution in [3.63, 3.8) is 0 Å². The van der Waals surface area contributed by atoms with Crippen LogP contribution in [0.5, 0.6) is 5.75 Å². The number of anilines is 1. The average molecular weight is 262 g/mol. The van der Waals surface area contributed by atoms with Crippen molar-refractivity contribution in [3.8, 4) is 5.75 Å². The number of hydrogen-bond donors (Lipinski definition) is 2. The maximum Gasteiger partial charge on any atom is 0.286 e. The van der Waals surface area contributed by atoms with Crippen molar-refractivity contribution in [2.45, 2.75) is 0 Å². The Bertz CT molecular complexity index is 772. The second-order valence-electron chi connectivity index (χ2n) is 3.83. The number of primary amides is 1. The van der Waals surface area contributed by atoms with Crippen LogP contribution in [-0.2, 0) is 0 Å². The fraction of sp³-hybridized carbons (Fsp3) is 0.0833. The van der Waals surface area contributed by atoms with Crippen LogP contribution in [0.2, 0.25) is 0 Å². The highest BCUT2D eigenvalue weighted by Crippen LogP contribution is 2.41. The number of hydrogen-bond acceptors (Lipinski definition) is 5. The van der Waals surface area contributed by atoms with Crippen LogP contribution in [-0.4, -0.2) is 13.0 Å². The average Bonchev–Trinajstić information content (AvgIpc) is 2.86. The van der Waals surface area contributed by atoms with Crippen molar-refractivity contribution < 1.29 is 13.9 Å². The molecule has 0 radical (unpaired) electrons. The van der Waals surface area contributed by atoms with Gasteiger partial charge in [0.15, 0.2) is 5.58 Å². The van der Waals surface area contributed by atoms with E-state index in [4.69, 9.17) is 20.6 Å². The fourth-order valence-electron chi connectivity index (χ4n) is 1.90. The summed E-state index contributed by atoms with van der Waals surface area (Å²) in [7, 11) is 1.61. The summed E-state index contributed by atoms with van der Waals surface area (Å²) < 4.78 is 12.3. The summed E-state index contributed by atoms with van der Waals surface area (Å²) in [5, 5.41) is 0.898. The number of nitrogens with two attached hydrogens (primary N) is 2. The number of amides is 1. The zero-order valence-electron chi connectivity index (χ0n) is 9.52. The van der Waals surface area contributed by atoms with Crippen LogP contribution in [0.15, 0.2) is 22.6 Å². The van der Waals surface area contributed by atoms with Crippen LogP contribution >= 0.6 is 11.3 Å². The molecule has 4 N–H and O–H groups in total. The normalized spacial score (nSPS) is 11.2. The van der Waals surface area contributed by atoms with E-state index in [2.05, 4.69) is 0 Å². The van der Waals surface area contributed by atoms with Crippen LogP contribution in [0.1, 0.15) is 10.6 Å². The lowest BCUT2D eigenvalue weighted by molar-refractivity contribution is 0.0977. The van der Waals surface area contributed by atoms with Gasteiger partial charge in [-0.2, -0.15) is 0 Å². The van der Waals surface area contributed by atoms with Crippen molar-refractivity contribution >= 4 is 43.3 Å². The highest BCUT2D eigenvalue weighted by Gasteiger charge is 2.20. The SMILES string of the molecule is COc1ccc2c(c1)sc1c(N)c(C(N)=O)oc12. The van der Waals surface area contributed by atoms with E-state index in [1.54, 1.807) is 7.11 Å². The van der Waals surface area contributed by atoms with Crippen LogP contribution in [0.25, 0.3) is 20.4 Å². The largest absolute Gasteiger partial charge is 0.497 e. The molecule has 3 aromatic rings. The van der Waals surface area contributed by atoms with Crippen LogP contribution in [0.4, 0.5) is 5.69 Å². The van der Waals surface area contributed by atoms with Gasteiger partial charge in [-0.3, -0.25) is 4.79 Å². The predicted molar refractivity (Wildman–Crippen MR) is 71.1 cm³/mol. The van der Waals surface area contributed by atoms with E-state index < -0.39 is 5.91 Å². The van der Waals surface area contributed by atoms with Crippen molar-refractivity contribution in [2.24, 2.45) is 5.73 Å². The summed E-state index contributed by atoms with van der Waals surface area (Å²) in [5.74, 6) is 0.131. The highest BCUT2D eigenvalue weighted by molar-refractivity contribution is 7.26. The molecule has 1 amide bonds. The molecule has 5 nitrogen and oxygen atoms in total. The molecular formula is C12H10N2O3S. The maximum absolute atomic E-state index is 11.2. The maximum atomic E-state index is 11.2. The molecule has 0 spiro atoms. The molecule has 92 valence electrons. The lowest BCUT2D eigenvalue weighted by Crippen LogP contribution is -2.11. The molecule has 0 atom stereocenters. The van der Waals surface area contributed by atoms with Crippen LogP contribution in [0.3, 0.4) is 0 Å². The number of carbonyl (C=O) groups excluding carboxylic acids is 1.